The zero-order valence-electron chi connectivity index (χ0n) is 32.7. The monoisotopic (exact) mass is 722 g/mol. The lowest BCUT2D eigenvalue weighted by Crippen LogP contribution is -2.57. The number of hydrogen-bond acceptors (Lipinski definition) is 6. The number of hydrogen-bond donors (Lipinski definition) is 0. The number of ether oxygens (including phenoxy) is 3. The van der Waals surface area contributed by atoms with Crippen LogP contribution in [0.1, 0.15) is 158 Å². The summed E-state index contributed by atoms with van der Waals surface area (Å²) in [6, 6.07) is 21.2. The quantitative estimate of drug-likeness (QED) is 0.0619. The Morgan fingerprint density at radius 1 is 0.585 bits per heavy atom. The summed E-state index contributed by atoms with van der Waals surface area (Å²) < 4.78 is 17.1. The Kier molecular flexibility index (Phi) is 15.2. The Hall–Kier alpha value is -3.93. The Morgan fingerprint density at radius 3 is 1.57 bits per heavy atom. The van der Waals surface area contributed by atoms with Gasteiger partial charge in [-0.25, -0.2) is 9.59 Å². The third kappa shape index (κ3) is 11.5. The van der Waals surface area contributed by atoms with Crippen LogP contribution in [0.4, 0.5) is 0 Å². The lowest BCUT2D eigenvalue weighted by atomic mass is 9.45. The van der Waals surface area contributed by atoms with Gasteiger partial charge in [-0.3, -0.25) is 4.79 Å². The van der Waals surface area contributed by atoms with Crippen molar-refractivity contribution in [2.45, 2.75) is 143 Å². The maximum atomic E-state index is 12.9. The van der Waals surface area contributed by atoms with Crippen LogP contribution < -0.4 is 9.47 Å². The fraction of sp³-hybridized carbons (Fsp3) is 0.553. The highest BCUT2D eigenvalue weighted by Crippen LogP contribution is 2.61. The van der Waals surface area contributed by atoms with Crippen LogP contribution in [0.15, 0.2) is 72.8 Å². The van der Waals surface area contributed by atoms with Crippen molar-refractivity contribution >= 4 is 17.9 Å². The molecule has 3 saturated carbocycles. The van der Waals surface area contributed by atoms with Crippen LogP contribution >= 0.6 is 0 Å². The van der Waals surface area contributed by atoms with Crippen molar-refractivity contribution in [1.82, 2.24) is 0 Å². The molecule has 0 aliphatic heterocycles. The van der Waals surface area contributed by atoms with Crippen molar-refractivity contribution in [3.63, 3.8) is 0 Å². The van der Waals surface area contributed by atoms with Crippen molar-refractivity contribution in [2.75, 3.05) is 0 Å². The van der Waals surface area contributed by atoms with Crippen molar-refractivity contribution in [2.24, 2.45) is 23.2 Å². The molecule has 3 aliphatic carbocycles. The molecule has 3 aromatic carbocycles. The zero-order valence-corrected chi connectivity index (χ0v) is 32.7. The van der Waals surface area contributed by atoms with E-state index in [0.29, 0.717) is 52.2 Å². The summed E-state index contributed by atoms with van der Waals surface area (Å²) in [7, 11) is 0. The number of carbonyl (C=O) groups is 3. The van der Waals surface area contributed by atoms with Crippen molar-refractivity contribution in [1.29, 1.82) is 0 Å². The Morgan fingerprint density at radius 2 is 1.04 bits per heavy atom. The summed E-state index contributed by atoms with van der Waals surface area (Å²) in [6.45, 7) is 9.13. The van der Waals surface area contributed by atoms with Crippen LogP contribution in [0.25, 0.3) is 11.1 Å². The number of carbonyl (C=O) groups excluding carboxylic acids is 3. The molecule has 53 heavy (non-hydrogen) atoms. The third-order valence-corrected chi connectivity index (χ3v) is 12.1. The highest BCUT2D eigenvalue weighted by Gasteiger charge is 2.57. The van der Waals surface area contributed by atoms with Crippen LogP contribution in [-0.4, -0.2) is 24.0 Å². The molecule has 286 valence electrons. The zero-order chi connectivity index (χ0) is 37.6. The number of esters is 3. The molecule has 0 spiro atoms. The van der Waals surface area contributed by atoms with Gasteiger partial charge < -0.3 is 14.2 Å². The van der Waals surface area contributed by atoms with E-state index in [1.54, 1.807) is 48.5 Å². The Balaban J connectivity index is 0.959. The van der Waals surface area contributed by atoms with Gasteiger partial charge in [-0.2, -0.15) is 0 Å². The molecule has 3 fully saturated rings. The first-order chi connectivity index (χ1) is 25.7. The van der Waals surface area contributed by atoms with E-state index in [1.165, 1.54) is 83.5 Å². The van der Waals surface area contributed by atoms with Crippen LogP contribution in [-0.2, 0) is 9.53 Å². The van der Waals surface area contributed by atoms with E-state index in [9.17, 15) is 14.4 Å². The van der Waals surface area contributed by atoms with E-state index >= 15 is 0 Å². The molecular formula is C47H62O6. The molecule has 3 aromatic rings. The number of unbranched alkanes of at least 4 members (excludes halogenated alkanes) is 13. The average Bonchev–Trinajstić information content (AvgIpc) is 3.16. The Bertz CT molecular complexity index is 1590. The molecule has 4 atom stereocenters. The fourth-order valence-corrected chi connectivity index (χ4v) is 8.45. The molecule has 0 heterocycles. The summed E-state index contributed by atoms with van der Waals surface area (Å²) in [5, 5.41) is 0. The minimum Gasteiger partial charge on any atom is -0.458 e. The van der Waals surface area contributed by atoms with Crippen LogP contribution in [0, 0.1) is 23.2 Å². The first-order valence-electron chi connectivity index (χ1n) is 20.6. The summed E-state index contributed by atoms with van der Waals surface area (Å²) in [6.07, 6.45) is 20.5. The predicted octanol–water partition coefficient (Wildman–Crippen LogP) is 12.6. The molecule has 2 bridgehead atoms. The predicted molar refractivity (Wildman–Crippen MR) is 212 cm³/mol. The van der Waals surface area contributed by atoms with E-state index in [4.69, 9.17) is 14.2 Å². The summed E-state index contributed by atoms with van der Waals surface area (Å²) in [5.41, 5.74) is 3.08. The second-order valence-electron chi connectivity index (χ2n) is 16.2. The standard InChI is InChI=1S/C47H62O6/c1-5-6-7-8-9-10-11-12-13-14-15-16-17-18-19-44(48)51-40-28-24-36(25-29-40)35-20-22-37(23-21-35)45(49)52-41-30-26-38(27-31-41)46(50)53-43-33-39-32-42(34(43)2)47(39,3)4/h20-31,34,39,42-43H,5-19,32-33H2,1-4H3. The van der Waals surface area contributed by atoms with Gasteiger partial charge in [-0.1, -0.05) is 135 Å². The molecule has 3 aliphatic rings. The SMILES string of the molecule is CCCCCCCCCCCCCCCCC(=O)Oc1ccc(-c2ccc(C(=O)Oc3ccc(C(=O)OC4CC5CC(C4C)C5(C)C)cc3)cc2)cc1. The van der Waals surface area contributed by atoms with Gasteiger partial charge in [0.1, 0.15) is 17.6 Å². The number of benzene rings is 3. The molecule has 0 saturated heterocycles. The van der Waals surface area contributed by atoms with Crippen molar-refractivity contribution in [3.8, 4) is 22.6 Å². The van der Waals surface area contributed by atoms with Gasteiger partial charge in [0.2, 0.25) is 0 Å². The molecule has 0 aromatic heterocycles. The normalized spacial score (nSPS) is 19.9. The Labute approximate surface area is 318 Å². The fourth-order valence-electron chi connectivity index (χ4n) is 8.45. The van der Waals surface area contributed by atoms with Gasteiger partial charge in [0.15, 0.2) is 0 Å². The van der Waals surface area contributed by atoms with Crippen LogP contribution in [0.2, 0.25) is 0 Å². The highest BCUT2D eigenvalue weighted by atomic mass is 16.5. The summed E-state index contributed by atoms with van der Waals surface area (Å²) in [4.78, 5) is 38.1. The third-order valence-electron chi connectivity index (χ3n) is 12.1. The maximum Gasteiger partial charge on any atom is 0.343 e. The van der Waals surface area contributed by atoms with Crippen LogP contribution in [0.5, 0.6) is 11.5 Å². The van der Waals surface area contributed by atoms with E-state index in [2.05, 4.69) is 27.7 Å². The van der Waals surface area contributed by atoms with Gasteiger partial charge in [0.05, 0.1) is 11.1 Å². The molecule has 0 amide bonds. The highest BCUT2D eigenvalue weighted by molar-refractivity contribution is 5.92. The van der Waals surface area contributed by atoms with E-state index in [0.717, 1.165) is 30.4 Å². The lowest BCUT2D eigenvalue weighted by Gasteiger charge is -2.61. The van der Waals surface area contributed by atoms with Crippen LogP contribution in [0.3, 0.4) is 0 Å². The van der Waals surface area contributed by atoms with E-state index in [1.807, 2.05) is 24.3 Å². The van der Waals surface area contributed by atoms with E-state index < -0.39 is 5.97 Å². The molecule has 6 nitrogen and oxygen atoms in total. The van der Waals surface area contributed by atoms with Gasteiger partial charge in [0.25, 0.3) is 0 Å². The molecule has 0 radical (unpaired) electrons. The average molecular weight is 723 g/mol. The van der Waals surface area contributed by atoms with E-state index in [-0.39, 0.29) is 18.0 Å². The van der Waals surface area contributed by atoms with Gasteiger partial charge in [-0.05, 0) is 102 Å². The second kappa shape index (κ2) is 19.9. The van der Waals surface area contributed by atoms with Crippen molar-refractivity contribution < 1.29 is 28.6 Å². The van der Waals surface area contributed by atoms with Gasteiger partial charge in [0, 0.05) is 6.42 Å². The largest absolute Gasteiger partial charge is 0.458 e. The minimum atomic E-state index is -0.481. The first kappa shape index (κ1) is 40.3. The molecule has 6 heteroatoms. The first-order valence-corrected chi connectivity index (χ1v) is 20.6. The van der Waals surface area contributed by atoms with Gasteiger partial charge in [-0.15, -0.1) is 0 Å². The topological polar surface area (TPSA) is 78.9 Å². The molecular weight excluding hydrogens is 661 g/mol. The molecule has 6 rings (SSSR count). The number of fused-ring (bicyclic) bond motifs is 2. The van der Waals surface area contributed by atoms with Crippen molar-refractivity contribution in [3.05, 3.63) is 83.9 Å². The maximum absolute atomic E-state index is 12.9. The summed E-state index contributed by atoms with van der Waals surface area (Å²) in [5.74, 6) is 1.45. The molecule has 0 N–H and O–H groups in total. The molecule has 4 unspecified atom stereocenters. The second-order valence-corrected chi connectivity index (χ2v) is 16.2. The van der Waals surface area contributed by atoms with Gasteiger partial charge >= 0.3 is 17.9 Å². The number of rotatable bonds is 21. The minimum absolute atomic E-state index is 0.0521. The lowest BCUT2D eigenvalue weighted by molar-refractivity contribution is -0.156. The smallest absolute Gasteiger partial charge is 0.343 e. The summed E-state index contributed by atoms with van der Waals surface area (Å²) >= 11 is 0.